The average molecular weight is 689 g/mol. The Balaban J connectivity index is 1.14. The van der Waals surface area contributed by atoms with Crippen molar-refractivity contribution in [3.63, 3.8) is 0 Å². The minimum Gasteiger partial charge on any atom is -0.250 e. The zero-order valence-electron chi connectivity index (χ0n) is 29.8. The Morgan fingerprint density at radius 2 is 0.630 bits per heavy atom. The van der Waals surface area contributed by atoms with E-state index in [1.165, 1.54) is 66.8 Å². The molecule has 2 aromatic heterocycles. The SMILES string of the molecule is c1ccc(-c2cc(CC3c4ccccc4-c4ccccc43)nc3c2ccc2c(-c4ccccc4)cc(CC4c5ccccc5-c5ccccc54)nc23)cc1. The van der Waals surface area contributed by atoms with E-state index in [1.54, 1.807) is 0 Å². The molecule has 0 N–H and O–H groups in total. The third-order valence-electron chi connectivity index (χ3n) is 11.8. The maximum absolute atomic E-state index is 5.62. The Morgan fingerprint density at radius 1 is 0.315 bits per heavy atom. The van der Waals surface area contributed by atoms with Gasteiger partial charge in [0.25, 0.3) is 0 Å². The molecular formula is C52H36N2. The van der Waals surface area contributed by atoms with Crippen molar-refractivity contribution in [2.24, 2.45) is 0 Å². The standard InChI is InChI=1S/C52H36N2/c1-3-15-33(16-4-1)47-29-35(31-49-41-23-11-7-19-37(41)38-20-8-12-24-42(38)49)53-51-45(47)27-28-46-48(34-17-5-2-6-18-34)30-36(54-52(46)51)32-50-43-25-13-9-21-39(43)40-22-10-14-26-44(40)50/h1-30,49-50H,31-32H2. The van der Waals surface area contributed by atoms with Crippen LogP contribution in [0.15, 0.2) is 182 Å². The normalized spacial score (nSPS) is 13.2. The third-order valence-corrected chi connectivity index (χ3v) is 11.8. The number of hydrogen-bond donors (Lipinski definition) is 0. The molecule has 7 aromatic carbocycles. The summed E-state index contributed by atoms with van der Waals surface area (Å²) in [6.07, 6.45) is 1.61. The van der Waals surface area contributed by atoms with Crippen molar-refractivity contribution in [2.75, 3.05) is 0 Å². The molecule has 0 spiro atoms. The lowest BCUT2D eigenvalue weighted by Crippen LogP contribution is -2.06. The number of benzene rings is 7. The molecule has 0 unspecified atom stereocenters. The van der Waals surface area contributed by atoms with Gasteiger partial charge in [-0.05, 0) is 78.9 Å². The van der Waals surface area contributed by atoms with E-state index < -0.39 is 0 Å². The van der Waals surface area contributed by atoms with Crippen molar-refractivity contribution in [3.8, 4) is 44.5 Å². The van der Waals surface area contributed by atoms with Gasteiger partial charge in [0, 0.05) is 46.8 Å². The van der Waals surface area contributed by atoms with Crippen LogP contribution in [0.2, 0.25) is 0 Å². The van der Waals surface area contributed by atoms with Gasteiger partial charge in [-0.3, -0.25) is 9.97 Å². The highest BCUT2D eigenvalue weighted by Crippen LogP contribution is 2.48. The zero-order chi connectivity index (χ0) is 35.6. The van der Waals surface area contributed by atoms with Gasteiger partial charge in [-0.25, -0.2) is 0 Å². The van der Waals surface area contributed by atoms with Gasteiger partial charge < -0.3 is 0 Å². The largest absolute Gasteiger partial charge is 0.250 e. The number of aromatic nitrogens is 2. The predicted octanol–water partition coefficient (Wildman–Crippen LogP) is 12.8. The van der Waals surface area contributed by atoms with Gasteiger partial charge in [0.15, 0.2) is 0 Å². The van der Waals surface area contributed by atoms with Gasteiger partial charge in [0.05, 0.1) is 11.0 Å². The first-order valence-corrected chi connectivity index (χ1v) is 19.0. The van der Waals surface area contributed by atoms with Crippen LogP contribution in [0.25, 0.3) is 66.3 Å². The molecule has 0 aliphatic heterocycles. The van der Waals surface area contributed by atoms with Crippen molar-refractivity contribution in [2.45, 2.75) is 24.7 Å². The molecule has 0 amide bonds. The first kappa shape index (κ1) is 30.9. The monoisotopic (exact) mass is 688 g/mol. The van der Waals surface area contributed by atoms with Crippen molar-refractivity contribution >= 4 is 21.8 Å². The molecule has 0 saturated carbocycles. The summed E-state index contributed by atoms with van der Waals surface area (Å²) in [7, 11) is 0. The molecule has 2 aliphatic carbocycles. The van der Waals surface area contributed by atoms with Crippen LogP contribution in [0.5, 0.6) is 0 Å². The van der Waals surface area contributed by atoms with Gasteiger partial charge in [-0.15, -0.1) is 0 Å². The van der Waals surface area contributed by atoms with E-state index in [2.05, 4.69) is 182 Å². The topological polar surface area (TPSA) is 25.8 Å². The van der Waals surface area contributed by atoms with Gasteiger partial charge in [-0.2, -0.15) is 0 Å². The molecule has 9 aromatic rings. The summed E-state index contributed by atoms with van der Waals surface area (Å²) < 4.78 is 0. The van der Waals surface area contributed by atoms with Crippen LogP contribution in [0.4, 0.5) is 0 Å². The number of nitrogens with zero attached hydrogens (tertiary/aromatic N) is 2. The maximum Gasteiger partial charge on any atom is 0.0974 e. The molecule has 2 heterocycles. The lowest BCUT2D eigenvalue weighted by Gasteiger charge is -2.18. The molecule has 0 radical (unpaired) electrons. The van der Waals surface area contributed by atoms with E-state index in [9.17, 15) is 0 Å². The van der Waals surface area contributed by atoms with E-state index in [0.29, 0.717) is 0 Å². The Bertz CT molecular complexity index is 2600. The summed E-state index contributed by atoms with van der Waals surface area (Å²) in [6, 6.07) is 66.4. The molecule has 0 fully saturated rings. The zero-order valence-corrected chi connectivity index (χ0v) is 29.8. The average Bonchev–Trinajstić information content (AvgIpc) is 3.73. The molecule has 0 atom stereocenters. The molecule has 0 saturated heterocycles. The van der Waals surface area contributed by atoms with Crippen molar-refractivity contribution in [1.82, 2.24) is 9.97 Å². The van der Waals surface area contributed by atoms with Crippen molar-refractivity contribution < 1.29 is 0 Å². The Morgan fingerprint density at radius 3 is 0.981 bits per heavy atom. The molecule has 2 heteroatoms. The predicted molar refractivity (Wildman–Crippen MR) is 223 cm³/mol. The Labute approximate surface area is 315 Å². The van der Waals surface area contributed by atoms with Crippen LogP contribution in [0, 0.1) is 0 Å². The minimum absolute atomic E-state index is 0.229. The molecule has 254 valence electrons. The van der Waals surface area contributed by atoms with E-state index in [1.807, 2.05) is 0 Å². The lowest BCUT2D eigenvalue weighted by molar-refractivity contribution is 0.804. The molecular weight excluding hydrogens is 653 g/mol. The van der Waals surface area contributed by atoms with Crippen LogP contribution in [-0.4, -0.2) is 9.97 Å². The highest BCUT2D eigenvalue weighted by molar-refractivity contribution is 6.12. The van der Waals surface area contributed by atoms with Gasteiger partial charge in [0.1, 0.15) is 0 Å². The van der Waals surface area contributed by atoms with E-state index in [-0.39, 0.29) is 11.8 Å². The van der Waals surface area contributed by atoms with Crippen LogP contribution in [-0.2, 0) is 12.8 Å². The molecule has 2 nitrogen and oxygen atoms in total. The summed E-state index contributed by atoms with van der Waals surface area (Å²) in [5.74, 6) is 0.457. The highest BCUT2D eigenvalue weighted by atomic mass is 14.8. The lowest BCUT2D eigenvalue weighted by atomic mass is 9.89. The van der Waals surface area contributed by atoms with Crippen molar-refractivity contribution in [1.29, 1.82) is 0 Å². The summed E-state index contributed by atoms with van der Waals surface area (Å²) in [5, 5.41) is 2.26. The first-order chi connectivity index (χ1) is 26.8. The summed E-state index contributed by atoms with van der Waals surface area (Å²) in [4.78, 5) is 11.2. The van der Waals surface area contributed by atoms with Crippen LogP contribution in [0.1, 0.15) is 45.5 Å². The fourth-order valence-electron chi connectivity index (χ4n) is 9.38. The fourth-order valence-corrected chi connectivity index (χ4v) is 9.38. The Hall–Kier alpha value is -6.64. The first-order valence-electron chi connectivity index (χ1n) is 19.0. The summed E-state index contributed by atoms with van der Waals surface area (Å²) in [5.41, 5.74) is 19.7. The quantitative estimate of drug-likeness (QED) is 0.163. The fraction of sp³-hybridized carbons (Fsp3) is 0.0769. The van der Waals surface area contributed by atoms with Gasteiger partial charge in [0.2, 0.25) is 0 Å². The van der Waals surface area contributed by atoms with E-state index >= 15 is 0 Å². The van der Waals surface area contributed by atoms with Gasteiger partial charge in [-0.1, -0.05) is 170 Å². The molecule has 2 aliphatic rings. The van der Waals surface area contributed by atoms with Crippen LogP contribution in [0.3, 0.4) is 0 Å². The Kier molecular flexibility index (Phi) is 7.16. The smallest absolute Gasteiger partial charge is 0.0974 e. The summed E-state index contributed by atoms with van der Waals surface area (Å²) in [6.45, 7) is 0. The van der Waals surface area contributed by atoms with Crippen LogP contribution >= 0.6 is 0 Å². The van der Waals surface area contributed by atoms with Gasteiger partial charge >= 0.3 is 0 Å². The molecule has 0 bridgehead atoms. The number of fused-ring (bicyclic) bond motifs is 9. The number of rotatable bonds is 6. The van der Waals surface area contributed by atoms with Crippen LogP contribution < -0.4 is 0 Å². The number of hydrogen-bond acceptors (Lipinski definition) is 2. The van der Waals surface area contributed by atoms with E-state index in [4.69, 9.17) is 9.97 Å². The number of pyridine rings is 2. The molecule has 54 heavy (non-hydrogen) atoms. The summed E-state index contributed by atoms with van der Waals surface area (Å²) >= 11 is 0. The van der Waals surface area contributed by atoms with Crippen molar-refractivity contribution in [3.05, 3.63) is 216 Å². The second-order valence-electron chi connectivity index (χ2n) is 14.8. The van der Waals surface area contributed by atoms with E-state index in [0.717, 1.165) is 46.0 Å². The second-order valence-corrected chi connectivity index (χ2v) is 14.8. The molecule has 11 rings (SSSR count). The second kappa shape index (κ2) is 12.5. The maximum atomic E-state index is 5.62. The third kappa shape index (κ3) is 4.94. The minimum atomic E-state index is 0.229. The highest BCUT2D eigenvalue weighted by Gasteiger charge is 2.31.